The number of aliphatic hydroxyl groups is 2. The molecule has 0 aromatic carbocycles. The van der Waals surface area contributed by atoms with E-state index in [9.17, 15) is 15.0 Å². The zero-order valence-corrected chi connectivity index (χ0v) is 12.0. The van der Waals surface area contributed by atoms with Crippen LogP contribution >= 0.6 is 15.9 Å². The van der Waals surface area contributed by atoms with Crippen molar-refractivity contribution in [2.75, 3.05) is 18.9 Å². The predicted molar refractivity (Wildman–Crippen MR) is 75.1 cm³/mol. The lowest BCUT2D eigenvalue weighted by atomic mass is 9.70. The molecule has 0 amide bonds. The van der Waals surface area contributed by atoms with Crippen LogP contribution in [-0.4, -0.2) is 42.9 Å². The molecule has 1 aliphatic carbocycles. The standard InChI is InChI=1S/C11H14BrN5O3/c12-10-14-7-8(15-11(13)16-9(7)20)17(10)6-1-4(2-18)5(6)3-19/h4-6,18-19H,1-3H2,(H3,13,15,16,20)/t4-,5-,6?/m1/s1. The van der Waals surface area contributed by atoms with Gasteiger partial charge in [0.2, 0.25) is 5.95 Å². The normalized spacial score (nSPS) is 25.9. The van der Waals surface area contributed by atoms with Gasteiger partial charge in [-0.3, -0.25) is 14.3 Å². The largest absolute Gasteiger partial charge is 0.396 e. The molecule has 5 N–H and O–H groups in total. The van der Waals surface area contributed by atoms with Gasteiger partial charge in [0.15, 0.2) is 15.9 Å². The molecule has 108 valence electrons. The SMILES string of the molecule is Nc1nc2c(nc(Br)n2C2C[C@H](CO)[C@H]2CO)c(=O)[nH]1. The van der Waals surface area contributed by atoms with E-state index < -0.39 is 5.56 Å². The van der Waals surface area contributed by atoms with Gasteiger partial charge >= 0.3 is 0 Å². The molecule has 0 aliphatic heterocycles. The van der Waals surface area contributed by atoms with Crippen molar-refractivity contribution in [1.82, 2.24) is 19.5 Å². The third-order valence-corrected chi connectivity index (χ3v) is 4.51. The van der Waals surface area contributed by atoms with E-state index in [2.05, 4.69) is 30.9 Å². The van der Waals surface area contributed by atoms with Gasteiger partial charge in [0.25, 0.3) is 5.56 Å². The molecule has 0 spiro atoms. The molecule has 0 bridgehead atoms. The summed E-state index contributed by atoms with van der Waals surface area (Å²) in [6, 6.07) is -0.0646. The van der Waals surface area contributed by atoms with Crippen molar-refractivity contribution in [3.8, 4) is 0 Å². The van der Waals surface area contributed by atoms with Crippen LogP contribution in [0.1, 0.15) is 12.5 Å². The predicted octanol–water partition coefficient (Wildman–Crippen LogP) is -0.374. The highest BCUT2D eigenvalue weighted by atomic mass is 79.9. The third kappa shape index (κ3) is 1.85. The minimum Gasteiger partial charge on any atom is -0.396 e. The maximum atomic E-state index is 11.8. The number of anilines is 1. The van der Waals surface area contributed by atoms with Crippen LogP contribution in [0.25, 0.3) is 11.2 Å². The van der Waals surface area contributed by atoms with Crippen molar-refractivity contribution < 1.29 is 10.2 Å². The Kier molecular flexibility index (Phi) is 3.27. The lowest BCUT2D eigenvalue weighted by molar-refractivity contribution is -0.00616. The summed E-state index contributed by atoms with van der Waals surface area (Å²) in [5, 5.41) is 18.7. The molecule has 2 heterocycles. The molecule has 1 unspecified atom stereocenters. The summed E-state index contributed by atoms with van der Waals surface area (Å²) < 4.78 is 2.23. The molecule has 0 radical (unpaired) electrons. The van der Waals surface area contributed by atoms with Gasteiger partial charge in [0, 0.05) is 25.2 Å². The zero-order valence-electron chi connectivity index (χ0n) is 10.5. The molecular formula is C11H14BrN5O3. The van der Waals surface area contributed by atoms with Crippen LogP contribution in [0.3, 0.4) is 0 Å². The van der Waals surface area contributed by atoms with Crippen LogP contribution in [0, 0.1) is 11.8 Å². The van der Waals surface area contributed by atoms with E-state index in [-0.39, 0.29) is 42.6 Å². The summed E-state index contributed by atoms with van der Waals surface area (Å²) in [7, 11) is 0. The van der Waals surface area contributed by atoms with E-state index in [1.807, 2.05) is 0 Å². The van der Waals surface area contributed by atoms with Crippen molar-refractivity contribution in [2.24, 2.45) is 11.8 Å². The van der Waals surface area contributed by atoms with E-state index in [4.69, 9.17) is 5.73 Å². The van der Waals surface area contributed by atoms with Crippen molar-refractivity contribution in [3.05, 3.63) is 15.1 Å². The number of fused-ring (bicyclic) bond motifs is 1. The summed E-state index contributed by atoms with van der Waals surface area (Å²) in [6.45, 7) is -0.0111. The molecule has 3 rings (SSSR count). The Morgan fingerprint density at radius 2 is 2.15 bits per heavy atom. The molecule has 2 aromatic rings. The van der Waals surface area contributed by atoms with Crippen molar-refractivity contribution in [3.63, 3.8) is 0 Å². The van der Waals surface area contributed by atoms with Crippen LogP contribution in [0.5, 0.6) is 0 Å². The number of nitrogen functional groups attached to an aromatic ring is 1. The Morgan fingerprint density at radius 1 is 1.40 bits per heavy atom. The molecule has 1 saturated carbocycles. The maximum Gasteiger partial charge on any atom is 0.280 e. The van der Waals surface area contributed by atoms with Crippen LogP contribution in [-0.2, 0) is 0 Å². The van der Waals surface area contributed by atoms with Crippen molar-refractivity contribution in [2.45, 2.75) is 12.5 Å². The molecule has 2 aromatic heterocycles. The van der Waals surface area contributed by atoms with E-state index in [1.54, 1.807) is 4.57 Å². The fourth-order valence-corrected chi connectivity index (χ4v) is 3.43. The molecular weight excluding hydrogens is 330 g/mol. The zero-order chi connectivity index (χ0) is 14.4. The van der Waals surface area contributed by atoms with Gasteiger partial charge in [-0.15, -0.1) is 0 Å². The lowest BCUT2D eigenvalue weighted by Crippen LogP contribution is -2.42. The molecule has 9 heteroatoms. The maximum absolute atomic E-state index is 11.8. The first kappa shape index (κ1) is 13.5. The number of hydrogen-bond donors (Lipinski definition) is 4. The first-order valence-electron chi connectivity index (χ1n) is 6.21. The number of nitrogens with two attached hydrogens (primary N) is 1. The highest BCUT2D eigenvalue weighted by molar-refractivity contribution is 9.10. The first-order valence-corrected chi connectivity index (χ1v) is 7.01. The molecule has 0 saturated heterocycles. The summed E-state index contributed by atoms with van der Waals surface area (Å²) in [5.74, 6) is -0.0144. The van der Waals surface area contributed by atoms with E-state index in [0.717, 1.165) is 0 Å². The van der Waals surface area contributed by atoms with Gasteiger partial charge in [0.05, 0.1) is 0 Å². The highest BCUT2D eigenvalue weighted by Crippen LogP contribution is 2.45. The number of rotatable bonds is 3. The van der Waals surface area contributed by atoms with Gasteiger partial charge in [-0.05, 0) is 28.3 Å². The van der Waals surface area contributed by atoms with Gasteiger partial charge in [0.1, 0.15) is 0 Å². The van der Waals surface area contributed by atoms with Gasteiger partial charge in [-0.2, -0.15) is 4.98 Å². The Morgan fingerprint density at radius 3 is 2.80 bits per heavy atom. The second-order valence-corrected chi connectivity index (χ2v) is 5.68. The van der Waals surface area contributed by atoms with Crippen LogP contribution in [0.4, 0.5) is 5.95 Å². The summed E-state index contributed by atoms with van der Waals surface area (Å²) in [4.78, 5) is 22.5. The topological polar surface area (TPSA) is 130 Å². The number of nitrogens with one attached hydrogen (secondary N) is 1. The Hall–Kier alpha value is -1.45. The summed E-state index contributed by atoms with van der Waals surface area (Å²) >= 11 is 3.32. The number of aromatic amines is 1. The number of nitrogens with zero attached hydrogens (tertiary/aromatic N) is 3. The average Bonchev–Trinajstić information content (AvgIpc) is 2.67. The van der Waals surface area contributed by atoms with Crippen LogP contribution < -0.4 is 11.3 Å². The minimum atomic E-state index is -0.398. The second kappa shape index (κ2) is 4.83. The molecule has 1 fully saturated rings. The van der Waals surface area contributed by atoms with E-state index in [1.165, 1.54) is 0 Å². The summed E-state index contributed by atoms with van der Waals surface area (Å²) in [5.41, 5.74) is 5.76. The monoisotopic (exact) mass is 343 g/mol. The Bertz CT molecular complexity index is 712. The van der Waals surface area contributed by atoms with Gasteiger partial charge in [-0.1, -0.05) is 0 Å². The number of H-pyrrole nitrogens is 1. The molecule has 8 nitrogen and oxygen atoms in total. The number of imidazole rings is 1. The van der Waals surface area contributed by atoms with Gasteiger partial charge in [-0.25, -0.2) is 4.98 Å². The molecule has 1 aliphatic rings. The number of hydrogen-bond acceptors (Lipinski definition) is 6. The van der Waals surface area contributed by atoms with Crippen LogP contribution in [0.15, 0.2) is 9.53 Å². The van der Waals surface area contributed by atoms with E-state index in [0.29, 0.717) is 16.8 Å². The van der Waals surface area contributed by atoms with E-state index >= 15 is 0 Å². The minimum absolute atomic E-state index is 0.0229. The smallest absolute Gasteiger partial charge is 0.280 e. The van der Waals surface area contributed by atoms with Crippen molar-refractivity contribution >= 4 is 33.0 Å². The molecule has 3 atom stereocenters. The second-order valence-electron chi connectivity index (χ2n) is 4.97. The lowest BCUT2D eigenvalue weighted by Gasteiger charge is -2.43. The fraction of sp³-hybridized carbons (Fsp3) is 0.545. The summed E-state index contributed by atoms with van der Waals surface area (Å²) in [6.07, 6.45) is 0.695. The quantitative estimate of drug-likeness (QED) is 0.562. The average molecular weight is 344 g/mol. The number of aliphatic hydroxyl groups excluding tert-OH is 2. The number of aromatic nitrogens is 4. The third-order valence-electron chi connectivity index (χ3n) is 3.95. The number of halogens is 1. The van der Waals surface area contributed by atoms with Gasteiger partial charge < -0.3 is 15.9 Å². The van der Waals surface area contributed by atoms with Crippen LogP contribution in [0.2, 0.25) is 0 Å². The first-order chi connectivity index (χ1) is 9.56. The fourth-order valence-electron chi connectivity index (χ4n) is 2.82. The molecule has 20 heavy (non-hydrogen) atoms. The Balaban J connectivity index is 2.13. The highest BCUT2D eigenvalue weighted by Gasteiger charge is 2.43. The Labute approximate surface area is 121 Å². The van der Waals surface area contributed by atoms with Crippen molar-refractivity contribution in [1.29, 1.82) is 0 Å².